The summed E-state index contributed by atoms with van der Waals surface area (Å²) >= 11 is 1.16. The third-order valence-corrected chi connectivity index (χ3v) is 7.76. The molecule has 1 amide bonds. The van der Waals surface area contributed by atoms with Crippen molar-refractivity contribution < 1.29 is 18.0 Å². The number of sulfonamides is 1. The molecule has 0 bridgehead atoms. The van der Waals surface area contributed by atoms with Gasteiger partial charge in [-0.2, -0.15) is 0 Å². The van der Waals surface area contributed by atoms with E-state index in [2.05, 4.69) is 10.3 Å². The van der Waals surface area contributed by atoms with Gasteiger partial charge in [0.05, 0.1) is 16.3 Å². The number of carbonyl (C=O) groups is 2. The highest BCUT2D eigenvalue weighted by molar-refractivity contribution is 7.89. The molecule has 1 aliphatic heterocycles. The first-order valence-corrected chi connectivity index (χ1v) is 11.6. The van der Waals surface area contributed by atoms with Crippen LogP contribution in [0.25, 0.3) is 11.3 Å². The molecule has 2 aromatic rings. The number of benzene rings is 1. The second-order valence-electron chi connectivity index (χ2n) is 6.68. The van der Waals surface area contributed by atoms with Crippen molar-refractivity contribution in [3.63, 3.8) is 0 Å². The Labute approximate surface area is 168 Å². The molecular weight excluding hydrogens is 398 g/mol. The smallest absolute Gasteiger partial charge is 0.229 e. The third kappa shape index (κ3) is 4.48. The Morgan fingerprint density at radius 3 is 2.43 bits per heavy atom. The van der Waals surface area contributed by atoms with Crippen molar-refractivity contribution in [1.29, 1.82) is 0 Å². The number of carbonyl (C=O) groups excluding carboxylic acids is 2. The Hall–Kier alpha value is -2.10. The van der Waals surface area contributed by atoms with Gasteiger partial charge in [-0.15, -0.1) is 0 Å². The highest BCUT2D eigenvalue weighted by atomic mass is 32.2. The molecule has 2 heterocycles. The van der Waals surface area contributed by atoms with E-state index >= 15 is 0 Å². The molecule has 1 fully saturated rings. The fraction of sp³-hybridized carbons (Fsp3) is 0.421. The normalized spacial score (nSPS) is 16.1. The van der Waals surface area contributed by atoms with Gasteiger partial charge in [-0.05, 0) is 19.8 Å². The first kappa shape index (κ1) is 20.6. The van der Waals surface area contributed by atoms with E-state index in [4.69, 9.17) is 0 Å². The predicted molar refractivity (Wildman–Crippen MR) is 110 cm³/mol. The van der Waals surface area contributed by atoms with Crippen molar-refractivity contribution in [2.45, 2.75) is 26.7 Å². The zero-order chi connectivity index (χ0) is 20.3. The van der Waals surface area contributed by atoms with Crippen LogP contribution in [0.15, 0.2) is 30.3 Å². The van der Waals surface area contributed by atoms with Gasteiger partial charge in [0.25, 0.3) is 0 Å². The number of hydrogen-bond acceptors (Lipinski definition) is 6. The first-order valence-electron chi connectivity index (χ1n) is 9.17. The molecule has 3 rings (SSSR count). The summed E-state index contributed by atoms with van der Waals surface area (Å²) in [5, 5.41) is 3.20. The van der Waals surface area contributed by atoms with E-state index < -0.39 is 10.0 Å². The molecule has 0 radical (unpaired) electrons. The van der Waals surface area contributed by atoms with Crippen LogP contribution in [0.1, 0.15) is 36.4 Å². The van der Waals surface area contributed by atoms with E-state index in [0.29, 0.717) is 41.6 Å². The zero-order valence-corrected chi connectivity index (χ0v) is 17.5. The standard InChI is InChI=1S/C19H23N3O4S2/c1-3-28(25,26)22-11-9-15(10-12-22)18(24)21-19-20-16(17(27-19)13(2)23)14-7-5-4-6-8-14/h4-8,15H,3,9-12H2,1-2H3,(H,20,21,24). The molecule has 9 heteroatoms. The van der Waals surface area contributed by atoms with Crippen LogP contribution in [0.5, 0.6) is 0 Å². The Balaban J connectivity index is 1.71. The fourth-order valence-electron chi connectivity index (χ4n) is 3.19. The van der Waals surface area contributed by atoms with Crippen LogP contribution in [-0.2, 0) is 14.8 Å². The monoisotopic (exact) mass is 421 g/mol. The maximum Gasteiger partial charge on any atom is 0.229 e. The Bertz CT molecular complexity index is 962. The number of nitrogens with zero attached hydrogens (tertiary/aromatic N) is 2. The summed E-state index contributed by atoms with van der Waals surface area (Å²) in [7, 11) is -3.22. The molecule has 0 spiro atoms. The second-order valence-corrected chi connectivity index (χ2v) is 9.94. The number of amides is 1. The summed E-state index contributed by atoms with van der Waals surface area (Å²) in [6, 6.07) is 9.37. The second kappa shape index (κ2) is 8.50. The number of ketones is 1. The Kier molecular flexibility index (Phi) is 6.26. The number of thiazole rings is 1. The quantitative estimate of drug-likeness (QED) is 0.723. The van der Waals surface area contributed by atoms with Gasteiger partial charge in [0, 0.05) is 31.5 Å². The maximum atomic E-state index is 12.6. The molecule has 1 aromatic carbocycles. The minimum atomic E-state index is -3.22. The zero-order valence-electron chi connectivity index (χ0n) is 15.8. The van der Waals surface area contributed by atoms with Crippen molar-refractivity contribution >= 4 is 38.2 Å². The van der Waals surface area contributed by atoms with Crippen molar-refractivity contribution in [2.75, 3.05) is 24.2 Å². The summed E-state index contributed by atoms with van der Waals surface area (Å²) in [5.41, 5.74) is 1.39. The number of hydrogen-bond donors (Lipinski definition) is 1. The van der Waals surface area contributed by atoms with E-state index in [0.717, 1.165) is 16.9 Å². The molecule has 0 saturated carbocycles. The molecule has 0 atom stereocenters. The number of anilines is 1. The summed E-state index contributed by atoms with van der Waals surface area (Å²) in [6.07, 6.45) is 0.948. The first-order chi connectivity index (χ1) is 13.3. The lowest BCUT2D eigenvalue weighted by Crippen LogP contribution is -2.42. The summed E-state index contributed by atoms with van der Waals surface area (Å²) < 4.78 is 25.3. The van der Waals surface area contributed by atoms with E-state index in [1.54, 1.807) is 6.92 Å². The molecule has 7 nitrogen and oxygen atoms in total. The maximum absolute atomic E-state index is 12.6. The van der Waals surface area contributed by atoms with Crippen molar-refractivity contribution in [3.05, 3.63) is 35.2 Å². The minimum absolute atomic E-state index is 0.0685. The van der Waals surface area contributed by atoms with Gasteiger partial charge in [-0.3, -0.25) is 9.59 Å². The molecule has 0 unspecified atom stereocenters. The topological polar surface area (TPSA) is 96.4 Å². The van der Waals surface area contributed by atoms with Gasteiger partial charge in [-0.1, -0.05) is 41.7 Å². The summed E-state index contributed by atoms with van der Waals surface area (Å²) in [4.78, 5) is 29.6. The van der Waals surface area contributed by atoms with Gasteiger partial charge in [0.1, 0.15) is 0 Å². The van der Waals surface area contributed by atoms with Crippen LogP contribution in [0.2, 0.25) is 0 Å². The van der Waals surface area contributed by atoms with E-state index in [9.17, 15) is 18.0 Å². The SMILES string of the molecule is CCS(=O)(=O)N1CCC(C(=O)Nc2nc(-c3ccccc3)c(C(C)=O)s2)CC1. The van der Waals surface area contributed by atoms with Crippen LogP contribution < -0.4 is 5.32 Å². The van der Waals surface area contributed by atoms with Crippen LogP contribution in [0.3, 0.4) is 0 Å². The summed E-state index contributed by atoms with van der Waals surface area (Å²) in [5.74, 6) is -0.487. The van der Waals surface area contributed by atoms with E-state index in [-0.39, 0.29) is 23.4 Å². The molecule has 1 aromatic heterocycles. The number of piperidine rings is 1. The highest BCUT2D eigenvalue weighted by Crippen LogP contribution is 2.32. The van der Waals surface area contributed by atoms with Gasteiger partial charge < -0.3 is 5.32 Å². The number of aromatic nitrogens is 1. The van der Waals surface area contributed by atoms with Crippen molar-refractivity contribution in [1.82, 2.24) is 9.29 Å². The van der Waals surface area contributed by atoms with E-state index in [1.807, 2.05) is 30.3 Å². The number of Topliss-reactive ketones (excluding diaryl/α,β-unsaturated/α-hetero) is 1. The lowest BCUT2D eigenvalue weighted by Gasteiger charge is -2.30. The average molecular weight is 422 g/mol. The molecule has 1 saturated heterocycles. The molecular formula is C19H23N3O4S2. The van der Waals surface area contributed by atoms with Crippen LogP contribution in [-0.4, -0.2) is 48.2 Å². The molecule has 28 heavy (non-hydrogen) atoms. The molecule has 150 valence electrons. The van der Waals surface area contributed by atoms with E-state index in [1.165, 1.54) is 11.2 Å². The largest absolute Gasteiger partial charge is 0.302 e. The van der Waals surface area contributed by atoms with Gasteiger partial charge >= 0.3 is 0 Å². The third-order valence-electron chi connectivity index (χ3n) is 4.81. The lowest BCUT2D eigenvalue weighted by molar-refractivity contribution is -0.120. The highest BCUT2D eigenvalue weighted by Gasteiger charge is 2.30. The predicted octanol–water partition coefficient (Wildman–Crippen LogP) is 3.01. The number of nitrogens with one attached hydrogen (secondary N) is 1. The van der Waals surface area contributed by atoms with Crippen LogP contribution in [0.4, 0.5) is 5.13 Å². The summed E-state index contributed by atoms with van der Waals surface area (Å²) in [6.45, 7) is 3.79. The molecule has 0 aliphatic carbocycles. The average Bonchev–Trinajstić information content (AvgIpc) is 3.13. The van der Waals surface area contributed by atoms with Crippen molar-refractivity contribution in [2.24, 2.45) is 5.92 Å². The van der Waals surface area contributed by atoms with Gasteiger partial charge in [-0.25, -0.2) is 17.7 Å². The molecule has 1 N–H and O–H groups in total. The van der Waals surface area contributed by atoms with Crippen LogP contribution in [0, 0.1) is 5.92 Å². The Morgan fingerprint density at radius 1 is 1.21 bits per heavy atom. The lowest BCUT2D eigenvalue weighted by atomic mass is 9.97. The van der Waals surface area contributed by atoms with Crippen LogP contribution >= 0.6 is 11.3 Å². The fourth-order valence-corrected chi connectivity index (χ4v) is 5.21. The Morgan fingerprint density at radius 2 is 1.86 bits per heavy atom. The minimum Gasteiger partial charge on any atom is -0.302 e. The van der Waals surface area contributed by atoms with Crippen molar-refractivity contribution in [3.8, 4) is 11.3 Å². The van der Waals surface area contributed by atoms with Gasteiger partial charge in [0.15, 0.2) is 10.9 Å². The number of rotatable bonds is 6. The van der Waals surface area contributed by atoms with Gasteiger partial charge in [0.2, 0.25) is 15.9 Å². The molecule has 1 aliphatic rings.